The average molecular weight is 232 g/mol. The molecule has 0 bridgehead atoms. The first-order chi connectivity index (χ1) is 8.13. The summed E-state index contributed by atoms with van der Waals surface area (Å²) >= 11 is 0. The van der Waals surface area contributed by atoms with E-state index < -0.39 is 0 Å². The van der Waals surface area contributed by atoms with Gasteiger partial charge in [0, 0.05) is 18.5 Å². The monoisotopic (exact) mass is 232 g/mol. The number of guanidine groups is 1. The fourth-order valence-electron chi connectivity index (χ4n) is 1.90. The molecule has 1 heterocycles. The van der Waals surface area contributed by atoms with Crippen molar-refractivity contribution in [1.82, 2.24) is 10.3 Å². The predicted octanol–water partition coefficient (Wildman–Crippen LogP) is 1.20. The summed E-state index contributed by atoms with van der Waals surface area (Å²) in [5.41, 5.74) is 1.56. The van der Waals surface area contributed by atoms with Gasteiger partial charge in [-0.05, 0) is 12.1 Å². The molecule has 90 valence electrons. The number of phenols is 1. The Labute approximate surface area is 100 Å². The van der Waals surface area contributed by atoms with Gasteiger partial charge in [-0.25, -0.2) is 5.01 Å². The third-order valence-electron chi connectivity index (χ3n) is 2.82. The molecule has 0 fully saturated rings. The second kappa shape index (κ2) is 4.45. The fourth-order valence-corrected chi connectivity index (χ4v) is 1.90. The Hall–Kier alpha value is -2.04. The van der Waals surface area contributed by atoms with Crippen molar-refractivity contribution in [2.75, 3.05) is 13.6 Å². The van der Waals surface area contributed by atoms with Gasteiger partial charge in [-0.1, -0.05) is 19.1 Å². The van der Waals surface area contributed by atoms with Gasteiger partial charge in [0.2, 0.25) is 5.96 Å². The van der Waals surface area contributed by atoms with Crippen molar-refractivity contribution in [3.63, 3.8) is 0 Å². The fraction of sp³-hybridized carbons (Fsp3) is 0.333. The Balaban J connectivity index is 2.33. The van der Waals surface area contributed by atoms with Crippen LogP contribution in [0.15, 0.2) is 29.4 Å². The smallest absolute Gasteiger partial charge is 0.211 e. The molecule has 0 radical (unpaired) electrons. The lowest BCUT2D eigenvalue weighted by molar-refractivity contribution is 0.439. The molecule has 1 aliphatic heterocycles. The Morgan fingerprint density at radius 2 is 2.24 bits per heavy atom. The first-order valence-electron chi connectivity index (χ1n) is 5.54. The molecular formula is C12H16N4O. The van der Waals surface area contributed by atoms with Crippen molar-refractivity contribution in [2.24, 2.45) is 11.0 Å². The van der Waals surface area contributed by atoms with Crippen molar-refractivity contribution in [1.29, 1.82) is 5.41 Å². The Morgan fingerprint density at radius 1 is 1.53 bits per heavy atom. The van der Waals surface area contributed by atoms with Crippen LogP contribution in [-0.2, 0) is 0 Å². The van der Waals surface area contributed by atoms with Gasteiger partial charge < -0.3 is 10.4 Å². The normalized spacial score (nSPS) is 19.1. The highest BCUT2D eigenvalue weighted by atomic mass is 16.3. The van der Waals surface area contributed by atoms with Gasteiger partial charge in [0.25, 0.3) is 0 Å². The maximum atomic E-state index is 9.80. The van der Waals surface area contributed by atoms with Crippen molar-refractivity contribution >= 4 is 11.7 Å². The number of nitrogens with zero attached hydrogens (tertiary/aromatic N) is 2. The topological polar surface area (TPSA) is 71.7 Å². The van der Waals surface area contributed by atoms with Gasteiger partial charge >= 0.3 is 0 Å². The lowest BCUT2D eigenvalue weighted by atomic mass is 9.99. The van der Waals surface area contributed by atoms with Crippen molar-refractivity contribution in [2.45, 2.75) is 6.92 Å². The van der Waals surface area contributed by atoms with Crippen LogP contribution in [0.25, 0.3) is 0 Å². The summed E-state index contributed by atoms with van der Waals surface area (Å²) in [5, 5.41) is 26.2. The number of nitrogens with one attached hydrogen (secondary N) is 2. The maximum absolute atomic E-state index is 9.80. The summed E-state index contributed by atoms with van der Waals surface area (Å²) in [5.74, 6) is 0.690. The van der Waals surface area contributed by atoms with Crippen LogP contribution in [-0.4, -0.2) is 35.4 Å². The molecule has 0 saturated carbocycles. The second-order valence-electron chi connectivity index (χ2n) is 4.08. The zero-order chi connectivity index (χ0) is 12.4. The van der Waals surface area contributed by atoms with Gasteiger partial charge in [0.05, 0.1) is 12.3 Å². The molecule has 1 aromatic carbocycles. The van der Waals surface area contributed by atoms with Crippen LogP contribution < -0.4 is 5.32 Å². The number of benzene rings is 1. The van der Waals surface area contributed by atoms with Crippen molar-refractivity contribution < 1.29 is 5.11 Å². The minimum atomic E-state index is 0.192. The molecule has 0 aromatic heterocycles. The number of rotatable bonds is 1. The minimum Gasteiger partial charge on any atom is -0.507 e. The summed E-state index contributed by atoms with van der Waals surface area (Å²) < 4.78 is 0. The van der Waals surface area contributed by atoms with Crippen LogP contribution in [0.2, 0.25) is 0 Å². The zero-order valence-corrected chi connectivity index (χ0v) is 9.94. The van der Waals surface area contributed by atoms with Crippen LogP contribution in [0.4, 0.5) is 0 Å². The number of hydrogen-bond donors (Lipinski definition) is 3. The molecule has 5 nitrogen and oxygen atoms in total. The third kappa shape index (κ3) is 2.08. The first kappa shape index (κ1) is 11.4. The summed E-state index contributed by atoms with van der Waals surface area (Å²) in [6.07, 6.45) is 0. The molecule has 1 atom stereocenters. The molecule has 3 N–H and O–H groups in total. The number of hydrazone groups is 1. The van der Waals surface area contributed by atoms with Crippen molar-refractivity contribution in [3.8, 4) is 5.75 Å². The van der Waals surface area contributed by atoms with E-state index in [4.69, 9.17) is 5.41 Å². The standard InChI is InChI=1S/C12H16N4O/c1-8-7-16(12(13)14-2)15-11(8)9-5-3-4-6-10(9)17/h3-6,8,17H,7H2,1-2H3,(H2,13,14). The van der Waals surface area contributed by atoms with E-state index >= 15 is 0 Å². The highest BCUT2D eigenvalue weighted by molar-refractivity contribution is 6.06. The molecule has 0 amide bonds. The van der Waals surface area contributed by atoms with Gasteiger partial charge in [-0.2, -0.15) is 5.10 Å². The maximum Gasteiger partial charge on any atom is 0.211 e. The highest BCUT2D eigenvalue weighted by Gasteiger charge is 2.27. The highest BCUT2D eigenvalue weighted by Crippen LogP contribution is 2.25. The summed E-state index contributed by atoms with van der Waals surface area (Å²) in [7, 11) is 1.69. The Kier molecular flexibility index (Phi) is 2.99. The number of hydrogen-bond acceptors (Lipinski definition) is 3. The largest absolute Gasteiger partial charge is 0.507 e. The Bertz CT molecular complexity index is 469. The molecule has 0 saturated heterocycles. The molecule has 1 aliphatic rings. The SMILES string of the molecule is CNC(=N)N1CC(C)C(c2ccccc2O)=N1. The Morgan fingerprint density at radius 3 is 2.88 bits per heavy atom. The molecule has 5 heteroatoms. The van der Waals surface area contributed by atoms with Crippen LogP contribution >= 0.6 is 0 Å². The molecule has 0 spiro atoms. The van der Waals surface area contributed by atoms with E-state index in [2.05, 4.69) is 10.4 Å². The van der Waals surface area contributed by atoms with Gasteiger partial charge in [-0.15, -0.1) is 0 Å². The lowest BCUT2D eigenvalue weighted by Crippen LogP contribution is -2.34. The average Bonchev–Trinajstić information content (AvgIpc) is 2.71. The van der Waals surface area contributed by atoms with Crippen LogP contribution in [0.5, 0.6) is 5.75 Å². The number of aromatic hydroxyl groups is 1. The van der Waals surface area contributed by atoms with E-state index in [0.717, 1.165) is 11.3 Å². The van der Waals surface area contributed by atoms with E-state index in [9.17, 15) is 5.11 Å². The van der Waals surface area contributed by atoms with E-state index in [0.29, 0.717) is 6.54 Å². The van der Waals surface area contributed by atoms with Gasteiger partial charge in [0.15, 0.2) is 0 Å². The predicted molar refractivity (Wildman–Crippen MR) is 67.3 cm³/mol. The molecule has 1 unspecified atom stereocenters. The van der Waals surface area contributed by atoms with E-state index in [1.54, 1.807) is 24.2 Å². The summed E-state index contributed by atoms with van der Waals surface area (Å²) in [6, 6.07) is 7.15. The van der Waals surface area contributed by atoms with Crippen LogP contribution in [0, 0.1) is 11.3 Å². The molecule has 0 aliphatic carbocycles. The quantitative estimate of drug-likeness (QED) is 0.503. The molecule has 17 heavy (non-hydrogen) atoms. The minimum absolute atomic E-state index is 0.192. The van der Waals surface area contributed by atoms with E-state index in [1.165, 1.54) is 0 Å². The second-order valence-corrected chi connectivity index (χ2v) is 4.08. The van der Waals surface area contributed by atoms with Crippen molar-refractivity contribution in [3.05, 3.63) is 29.8 Å². The van der Waals surface area contributed by atoms with Gasteiger partial charge in [0.1, 0.15) is 5.75 Å². The lowest BCUT2D eigenvalue weighted by Gasteiger charge is -2.13. The van der Waals surface area contributed by atoms with Crippen LogP contribution in [0.1, 0.15) is 12.5 Å². The molecular weight excluding hydrogens is 216 g/mol. The van der Waals surface area contributed by atoms with Crippen LogP contribution in [0.3, 0.4) is 0 Å². The summed E-state index contributed by atoms with van der Waals surface area (Å²) in [4.78, 5) is 0. The van der Waals surface area contributed by atoms with E-state index in [1.807, 2.05) is 19.1 Å². The number of para-hydroxylation sites is 1. The van der Waals surface area contributed by atoms with Gasteiger partial charge in [-0.3, -0.25) is 5.41 Å². The molecule has 1 aromatic rings. The molecule has 2 rings (SSSR count). The summed E-state index contributed by atoms with van der Waals surface area (Å²) in [6.45, 7) is 2.69. The first-order valence-corrected chi connectivity index (χ1v) is 5.54. The van der Waals surface area contributed by atoms with E-state index in [-0.39, 0.29) is 17.6 Å². The zero-order valence-electron chi connectivity index (χ0n) is 9.94. The number of phenolic OH excluding ortho intramolecular Hbond substituents is 1. The third-order valence-corrected chi connectivity index (χ3v) is 2.82.